The third kappa shape index (κ3) is 4.14. The third-order valence-electron chi connectivity index (χ3n) is 4.65. The van der Waals surface area contributed by atoms with Crippen LogP contribution in [0.4, 0.5) is 20.3 Å². The lowest BCUT2D eigenvalue weighted by atomic mass is 10.1. The summed E-state index contributed by atoms with van der Waals surface area (Å²) >= 11 is 0. The quantitative estimate of drug-likeness (QED) is 0.675. The molecule has 2 aromatic carbocycles. The average Bonchev–Trinajstić information content (AvgIpc) is 3.32. The van der Waals surface area contributed by atoms with Crippen molar-refractivity contribution in [1.29, 1.82) is 0 Å². The molecule has 9 heteroatoms. The van der Waals surface area contributed by atoms with Crippen LogP contribution in [0.15, 0.2) is 42.6 Å². The van der Waals surface area contributed by atoms with Crippen molar-refractivity contribution in [2.45, 2.75) is 12.8 Å². The van der Waals surface area contributed by atoms with Gasteiger partial charge in [0.2, 0.25) is 5.91 Å². The molecule has 0 bridgehead atoms. The first-order chi connectivity index (χ1) is 14.4. The highest BCUT2D eigenvalue weighted by molar-refractivity contribution is 6.05. The zero-order chi connectivity index (χ0) is 21.3. The Balaban J connectivity index is 1.48. The summed E-state index contributed by atoms with van der Waals surface area (Å²) in [5.41, 5.74) is 1.07. The lowest BCUT2D eigenvalue weighted by Gasteiger charge is -2.10. The number of nitrogens with zero attached hydrogens (tertiary/aromatic N) is 2. The van der Waals surface area contributed by atoms with Gasteiger partial charge in [-0.15, -0.1) is 0 Å². The molecule has 0 saturated heterocycles. The van der Waals surface area contributed by atoms with Crippen molar-refractivity contribution in [3.05, 3.63) is 70.9 Å². The molecule has 0 saturated carbocycles. The lowest BCUT2D eigenvalue weighted by Crippen LogP contribution is -2.18. The molecular weight excluding hydrogens is 394 g/mol. The van der Waals surface area contributed by atoms with E-state index in [1.54, 1.807) is 25.4 Å². The van der Waals surface area contributed by atoms with E-state index in [9.17, 15) is 18.4 Å². The molecule has 30 heavy (non-hydrogen) atoms. The van der Waals surface area contributed by atoms with Gasteiger partial charge in [-0.2, -0.15) is 5.10 Å². The Kier molecular flexibility index (Phi) is 5.18. The maximum Gasteiger partial charge on any atom is 0.259 e. The van der Waals surface area contributed by atoms with Crippen molar-refractivity contribution in [2.75, 3.05) is 17.2 Å². The number of nitrogens with one attached hydrogen (secondary N) is 2. The normalized spacial score (nSPS) is 12.2. The first-order valence-corrected chi connectivity index (χ1v) is 9.23. The van der Waals surface area contributed by atoms with E-state index >= 15 is 0 Å². The summed E-state index contributed by atoms with van der Waals surface area (Å²) in [6.07, 6.45) is 2.37. The molecule has 4 rings (SSSR count). The number of fused-ring (bicyclic) bond motifs is 1. The fraction of sp³-hybridized carbons (Fsp3) is 0.190. The SMILES string of the molecule is Cn1ccc(NC(=O)c2cc(NC(=O)Cc3ccc4c(c3)CCO4)c(F)cc2F)n1. The molecule has 0 aliphatic carbocycles. The number of ether oxygens (including phenoxy) is 1. The Bertz CT molecular complexity index is 1140. The topological polar surface area (TPSA) is 85.2 Å². The molecule has 0 unspecified atom stereocenters. The molecule has 0 fully saturated rings. The number of carbonyl (C=O) groups is 2. The van der Waals surface area contributed by atoms with Gasteiger partial charge in [0.25, 0.3) is 5.91 Å². The van der Waals surface area contributed by atoms with E-state index in [1.807, 2.05) is 6.07 Å². The number of carbonyl (C=O) groups excluding carboxylic acids is 2. The van der Waals surface area contributed by atoms with Crippen LogP contribution in [-0.4, -0.2) is 28.2 Å². The van der Waals surface area contributed by atoms with Gasteiger partial charge < -0.3 is 15.4 Å². The van der Waals surface area contributed by atoms with E-state index in [0.717, 1.165) is 29.4 Å². The highest BCUT2D eigenvalue weighted by Crippen LogP contribution is 2.26. The molecule has 2 amide bonds. The van der Waals surface area contributed by atoms with Crippen LogP contribution in [0, 0.1) is 11.6 Å². The molecule has 7 nitrogen and oxygen atoms in total. The number of aromatic nitrogens is 2. The molecule has 1 aromatic heterocycles. The van der Waals surface area contributed by atoms with Gasteiger partial charge in [0.15, 0.2) is 5.82 Å². The minimum Gasteiger partial charge on any atom is -0.493 e. The Morgan fingerprint density at radius 3 is 2.73 bits per heavy atom. The van der Waals surface area contributed by atoms with Gasteiger partial charge in [-0.25, -0.2) is 8.78 Å². The summed E-state index contributed by atoms with van der Waals surface area (Å²) in [5, 5.41) is 8.81. The molecular formula is C21H18F2N4O3. The van der Waals surface area contributed by atoms with E-state index in [4.69, 9.17) is 4.74 Å². The Morgan fingerprint density at radius 1 is 1.13 bits per heavy atom. The summed E-state index contributed by atoms with van der Waals surface area (Å²) in [4.78, 5) is 24.7. The van der Waals surface area contributed by atoms with Crippen LogP contribution in [0.5, 0.6) is 5.75 Å². The minimum atomic E-state index is -1.04. The van der Waals surface area contributed by atoms with Crippen molar-refractivity contribution in [2.24, 2.45) is 7.05 Å². The smallest absolute Gasteiger partial charge is 0.259 e. The van der Waals surface area contributed by atoms with Gasteiger partial charge in [0.05, 0.1) is 24.3 Å². The van der Waals surface area contributed by atoms with Gasteiger partial charge >= 0.3 is 0 Å². The molecule has 3 aromatic rings. The maximum atomic E-state index is 14.2. The minimum absolute atomic E-state index is 0.000435. The number of aryl methyl sites for hydroxylation is 1. The fourth-order valence-corrected chi connectivity index (χ4v) is 3.21. The number of hydrogen-bond donors (Lipinski definition) is 2. The second kappa shape index (κ2) is 7.94. The van der Waals surface area contributed by atoms with Crippen LogP contribution in [0.1, 0.15) is 21.5 Å². The number of amides is 2. The number of halogens is 2. The molecule has 2 heterocycles. The summed E-state index contributed by atoms with van der Waals surface area (Å²) < 4.78 is 35.2. The van der Waals surface area contributed by atoms with E-state index in [2.05, 4.69) is 15.7 Å². The zero-order valence-corrected chi connectivity index (χ0v) is 16.0. The highest BCUT2D eigenvalue weighted by atomic mass is 19.1. The van der Waals surface area contributed by atoms with Crippen LogP contribution in [-0.2, 0) is 24.7 Å². The first-order valence-electron chi connectivity index (χ1n) is 9.23. The molecule has 1 aliphatic rings. The predicted molar refractivity (Wildman–Crippen MR) is 105 cm³/mol. The van der Waals surface area contributed by atoms with Crippen molar-refractivity contribution < 1.29 is 23.1 Å². The van der Waals surface area contributed by atoms with E-state index in [0.29, 0.717) is 12.7 Å². The van der Waals surface area contributed by atoms with E-state index in [1.165, 1.54) is 10.7 Å². The summed E-state index contributed by atoms with van der Waals surface area (Å²) in [6.45, 7) is 0.606. The number of hydrogen-bond acceptors (Lipinski definition) is 4. The molecule has 1 aliphatic heterocycles. The van der Waals surface area contributed by atoms with Crippen molar-refractivity contribution >= 4 is 23.3 Å². The Hall–Kier alpha value is -3.75. The van der Waals surface area contributed by atoms with Crippen molar-refractivity contribution in [1.82, 2.24) is 9.78 Å². The lowest BCUT2D eigenvalue weighted by molar-refractivity contribution is -0.115. The second-order valence-electron chi connectivity index (χ2n) is 6.91. The van der Waals surface area contributed by atoms with Gasteiger partial charge in [-0.05, 0) is 23.3 Å². The van der Waals surface area contributed by atoms with Crippen LogP contribution in [0.25, 0.3) is 0 Å². The van der Waals surface area contributed by atoms with Crippen molar-refractivity contribution in [3.63, 3.8) is 0 Å². The summed E-state index contributed by atoms with van der Waals surface area (Å²) in [6, 6.07) is 8.49. The number of benzene rings is 2. The average molecular weight is 412 g/mol. The molecule has 0 spiro atoms. The van der Waals surface area contributed by atoms with Crippen LogP contribution in [0.2, 0.25) is 0 Å². The van der Waals surface area contributed by atoms with E-state index < -0.39 is 29.0 Å². The standard InChI is InChI=1S/C21H18F2N4O3/c1-27-6-4-19(26-27)25-21(29)14-10-17(16(23)11-15(14)22)24-20(28)9-12-2-3-18-13(8-12)5-7-30-18/h2-4,6,8,10-11H,5,7,9H2,1H3,(H,24,28)(H,25,26,29). The van der Waals surface area contributed by atoms with Gasteiger partial charge in [0, 0.05) is 31.8 Å². The molecule has 0 radical (unpaired) electrons. The first kappa shape index (κ1) is 19.6. The summed E-state index contributed by atoms with van der Waals surface area (Å²) in [7, 11) is 1.66. The summed E-state index contributed by atoms with van der Waals surface area (Å²) in [5.74, 6) is -2.30. The van der Waals surface area contributed by atoms with Gasteiger partial charge in [0.1, 0.15) is 17.4 Å². The fourth-order valence-electron chi connectivity index (χ4n) is 3.21. The van der Waals surface area contributed by atoms with Crippen LogP contribution in [0.3, 0.4) is 0 Å². The molecule has 0 atom stereocenters. The maximum absolute atomic E-state index is 14.2. The van der Waals surface area contributed by atoms with Crippen LogP contribution < -0.4 is 15.4 Å². The molecule has 2 N–H and O–H groups in total. The van der Waals surface area contributed by atoms with E-state index in [-0.39, 0.29) is 17.9 Å². The number of anilines is 2. The number of rotatable bonds is 5. The van der Waals surface area contributed by atoms with Gasteiger partial charge in [-0.3, -0.25) is 14.3 Å². The van der Waals surface area contributed by atoms with Crippen molar-refractivity contribution in [3.8, 4) is 5.75 Å². The zero-order valence-electron chi connectivity index (χ0n) is 16.0. The largest absolute Gasteiger partial charge is 0.493 e. The third-order valence-corrected chi connectivity index (χ3v) is 4.65. The van der Waals surface area contributed by atoms with Crippen LogP contribution >= 0.6 is 0 Å². The molecule has 154 valence electrons. The highest BCUT2D eigenvalue weighted by Gasteiger charge is 2.19. The van der Waals surface area contributed by atoms with Gasteiger partial charge in [-0.1, -0.05) is 12.1 Å². The second-order valence-corrected chi connectivity index (χ2v) is 6.91. The Morgan fingerprint density at radius 2 is 1.97 bits per heavy atom. The monoisotopic (exact) mass is 412 g/mol. The predicted octanol–water partition coefficient (Wildman–Crippen LogP) is 3.07. The Labute approximate surface area is 170 Å².